The standard InChI is InChI=1S/C7H8N2O3/c1-11-6-4-9-8-3-5(6)7(10)12-2/h3-4H,1-2H3. The number of hydrogen-bond acceptors (Lipinski definition) is 5. The third-order valence-electron chi connectivity index (χ3n) is 1.32. The van der Waals surface area contributed by atoms with Crippen LogP contribution in [-0.2, 0) is 4.74 Å². The molecule has 0 unspecified atom stereocenters. The molecule has 1 aromatic rings. The van der Waals surface area contributed by atoms with Gasteiger partial charge in [-0.15, -0.1) is 0 Å². The van der Waals surface area contributed by atoms with Crippen LogP contribution in [0, 0.1) is 0 Å². The van der Waals surface area contributed by atoms with Gasteiger partial charge >= 0.3 is 5.97 Å². The van der Waals surface area contributed by atoms with Crippen LogP contribution < -0.4 is 4.74 Å². The first-order chi connectivity index (χ1) is 5.79. The molecule has 0 spiro atoms. The normalized spacial score (nSPS) is 9.17. The molecule has 0 aliphatic heterocycles. The number of carbonyl (C=O) groups is 1. The monoisotopic (exact) mass is 168 g/mol. The molecule has 0 saturated carbocycles. The van der Waals surface area contributed by atoms with Crippen LogP contribution in [0.5, 0.6) is 5.75 Å². The minimum Gasteiger partial charge on any atom is -0.494 e. The second-order valence-corrected chi connectivity index (χ2v) is 1.96. The summed E-state index contributed by atoms with van der Waals surface area (Å²) in [5, 5.41) is 7.08. The maximum Gasteiger partial charge on any atom is 0.343 e. The molecule has 1 heterocycles. The van der Waals surface area contributed by atoms with E-state index in [4.69, 9.17) is 4.74 Å². The topological polar surface area (TPSA) is 61.3 Å². The lowest BCUT2D eigenvalue weighted by Crippen LogP contribution is -2.05. The Morgan fingerprint density at radius 3 is 2.58 bits per heavy atom. The molecule has 0 aliphatic rings. The molecule has 0 radical (unpaired) electrons. The number of aromatic nitrogens is 2. The summed E-state index contributed by atoms with van der Waals surface area (Å²) in [5.74, 6) is -0.126. The Kier molecular flexibility index (Phi) is 2.57. The van der Waals surface area contributed by atoms with Gasteiger partial charge in [0.15, 0.2) is 5.75 Å². The van der Waals surface area contributed by atoms with Crippen LogP contribution in [0.4, 0.5) is 0 Å². The lowest BCUT2D eigenvalue weighted by atomic mass is 10.3. The Bertz CT molecular complexity index is 288. The largest absolute Gasteiger partial charge is 0.494 e. The molecule has 5 nitrogen and oxygen atoms in total. The summed E-state index contributed by atoms with van der Waals surface area (Å²) in [6.45, 7) is 0. The molecule has 12 heavy (non-hydrogen) atoms. The van der Waals surface area contributed by atoms with Crippen molar-refractivity contribution in [1.82, 2.24) is 10.2 Å². The summed E-state index contributed by atoms with van der Waals surface area (Å²) < 4.78 is 9.36. The van der Waals surface area contributed by atoms with Crippen molar-refractivity contribution in [3.8, 4) is 5.75 Å². The van der Waals surface area contributed by atoms with Crippen molar-refractivity contribution >= 4 is 5.97 Å². The van der Waals surface area contributed by atoms with Crippen LogP contribution in [0.1, 0.15) is 10.4 Å². The van der Waals surface area contributed by atoms with Crippen molar-refractivity contribution < 1.29 is 14.3 Å². The molecular weight excluding hydrogens is 160 g/mol. The molecule has 1 aromatic heterocycles. The molecular formula is C7H8N2O3. The molecule has 64 valence electrons. The van der Waals surface area contributed by atoms with Gasteiger partial charge in [0.25, 0.3) is 0 Å². The third-order valence-corrected chi connectivity index (χ3v) is 1.32. The summed E-state index contributed by atoms with van der Waals surface area (Å²) in [6, 6.07) is 0. The molecule has 0 atom stereocenters. The summed E-state index contributed by atoms with van der Waals surface area (Å²) in [5.41, 5.74) is 0.273. The third kappa shape index (κ3) is 1.50. The van der Waals surface area contributed by atoms with Gasteiger partial charge in [0.05, 0.1) is 26.6 Å². The van der Waals surface area contributed by atoms with Gasteiger partial charge in [0.1, 0.15) is 5.56 Å². The second-order valence-electron chi connectivity index (χ2n) is 1.96. The van der Waals surface area contributed by atoms with Crippen LogP contribution in [0.15, 0.2) is 12.4 Å². The number of rotatable bonds is 2. The van der Waals surface area contributed by atoms with Gasteiger partial charge in [-0.3, -0.25) is 0 Å². The van der Waals surface area contributed by atoms with E-state index in [2.05, 4.69) is 14.9 Å². The van der Waals surface area contributed by atoms with E-state index in [0.29, 0.717) is 5.75 Å². The van der Waals surface area contributed by atoms with Gasteiger partial charge in [-0.05, 0) is 0 Å². The van der Waals surface area contributed by atoms with Crippen LogP contribution in [0.2, 0.25) is 0 Å². The van der Waals surface area contributed by atoms with Gasteiger partial charge < -0.3 is 9.47 Å². The average Bonchev–Trinajstić information content (AvgIpc) is 2.16. The molecule has 0 amide bonds. The van der Waals surface area contributed by atoms with Gasteiger partial charge in [-0.25, -0.2) is 4.79 Å². The molecule has 0 bridgehead atoms. The Morgan fingerprint density at radius 2 is 2.00 bits per heavy atom. The highest BCUT2D eigenvalue weighted by molar-refractivity contribution is 5.91. The van der Waals surface area contributed by atoms with Crippen LogP contribution in [0.25, 0.3) is 0 Å². The average molecular weight is 168 g/mol. The molecule has 0 aromatic carbocycles. The lowest BCUT2D eigenvalue weighted by Gasteiger charge is -2.03. The van der Waals surface area contributed by atoms with Gasteiger partial charge in [0, 0.05) is 0 Å². The van der Waals surface area contributed by atoms with Crippen molar-refractivity contribution in [3.05, 3.63) is 18.0 Å². The highest BCUT2D eigenvalue weighted by Gasteiger charge is 2.11. The first kappa shape index (κ1) is 8.45. The van der Waals surface area contributed by atoms with Crippen molar-refractivity contribution in [2.24, 2.45) is 0 Å². The first-order valence-corrected chi connectivity index (χ1v) is 3.22. The highest BCUT2D eigenvalue weighted by Crippen LogP contribution is 2.14. The minimum atomic E-state index is -0.484. The number of methoxy groups -OCH3 is 2. The molecule has 0 N–H and O–H groups in total. The number of ether oxygens (including phenoxy) is 2. The quantitative estimate of drug-likeness (QED) is 0.593. The number of nitrogens with zero attached hydrogens (tertiary/aromatic N) is 2. The van der Waals surface area contributed by atoms with Crippen molar-refractivity contribution in [2.75, 3.05) is 14.2 Å². The molecule has 1 rings (SSSR count). The number of hydrogen-bond donors (Lipinski definition) is 0. The first-order valence-electron chi connectivity index (χ1n) is 3.22. The van der Waals surface area contributed by atoms with Crippen molar-refractivity contribution in [3.63, 3.8) is 0 Å². The Hall–Kier alpha value is -1.65. The molecule has 0 saturated heterocycles. The molecule has 0 fully saturated rings. The Balaban J connectivity index is 3.04. The smallest absolute Gasteiger partial charge is 0.343 e. The zero-order chi connectivity index (χ0) is 8.97. The molecule has 0 aliphatic carbocycles. The Morgan fingerprint density at radius 1 is 1.33 bits per heavy atom. The van der Waals surface area contributed by atoms with E-state index >= 15 is 0 Å². The van der Waals surface area contributed by atoms with Gasteiger partial charge in [-0.2, -0.15) is 10.2 Å². The maximum absolute atomic E-state index is 11.0. The van der Waals surface area contributed by atoms with E-state index in [1.165, 1.54) is 26.6 Å². The van der Waals surface area contributed by atoms with Gasteiger partial charge in [-0.1, -0.05) is 0 Å². The molecule has 5 heteroatoms. The van der Waals surface area contributed by atoms with Crippen molar-refractivity contribution in [1.29, 1.82) is 0 Å². The van der Waals surface area contributed by atoms with Crippen molar-refractivity contribution in [2.45, 2.75) is 0 Å². The van der Waals surface area contributed by atoms with Gasteiger partial charge in [0.2, 0.25) is 0 Å². The number of carbonyl (C=O) groups excluding carboxylic acids is 1. The summed E-state index contributed by atoms with van der Waals surface area (Å²) in [6.07, 6.45) is 2.65. The van der Waals surface area contributed by atoms with E-state index in [-0.39, 0.29) is 5.56 Å². The highest BCUT2D eigenvalue weighted by atomic mass is 16.5. The lowest BCUT2D eigenvalue weighted by molar-refractivity contribution is 0.0596. The zero-order valence-electron chi connectivity index (χ0n) is 6.77. The maximum atomic E-state index is 11.0. The zero-order valence-corrected chi connectivity index (χ0v) is 6.77. The van der Waals surface area contributed by atoms with E-state index < -0.39 is 5.97 Å². The van der Waals surface area contributed by atoms with E-state index in [1.54, 1.807) is 0 Å². The fourth-order valence-electron chi connectivity index (χ4n) is 0.736. The Labute approximate surface area is 69.3 Å². The predicted molar refractivity (Wildman–Crippen MR) is 39.9 cm³/mol. The minimum absolute atomic E-state index is 0.273. The van der Waals surface area contributed by atoms with Crippen LogP contribution in [0.3, 0.4) is 0 Å². The summed E-state index contributed by atoms with van der Waals surface area (Å²) >= 11 is 0. The summed E-state index contributed by atoms with van der Waals surface area (Å²) in [4.78, 5) is 11.0. The van der Waals surface area contributed by atoms with E-state index in [9.17, 15) is 4.79 Å². The summed E-state index contributed by atoms with van der Waals surface area (Å²) in [7, 11) is 2.74. The number of esters is 1. The fraction of sp³-hybridized carbons (Fsp3) is 0.286. The van der Waals surface area contributed by atoms with E-state index in [0.717, 1.165) is 0 Å². The second kappa shape index (κ2) is 3.66. The van der Waals surface area contributed by atoms with Crippen LogP contribution in [-0.4, -0.2) is 30.4 Å². The fourth-order valence-corrected chi connectivity index (χ4v) is 0.736. The SMILES string of the molecule is COC(=O)c1cnncc1OC. The van der Waals surface area contributed by atoms with E-state index in [1.807, 2.05) is 0 Å². The predicted octanol–water partition coefficient (Wildman–Crippen LogP) is 0.272. The van der Waals surface area contributed by atoms with Crippen LogP contribution >= 0.6 is 0 Å².